The molecule has 3 heteroatoms. The summed E-state index contributed by atoms with van der Waals surface area (Å²) in [6, 6.07) is 4.31. The molecule has 1 aromatic carbocycles. The maximum absolute atomic E-state index is 11.2. The number of nitrogens with zero attached hydrogens (tertiary/aromatic N) is 1. The first-order valence-electron chi connectivity index (χ1n) is 7.01. The van der Waals surface area contributed by atoms with Gasteiger partial charge in [0.05, 0.1) is 0 Å². The summed E-state index contributed by atoms with van der Waals surface area (Å²) in [7, 11) is 0. The van der Waals surface area contributed by atoms with Crippen LogP contribution in [0.1, 0.15) is 29.5 Å². The fourth-order valence-corrected chi connectivity index (χ4v) is 2.70. The largest absolute Gasteiger partial charge is 0.492 e. The van der Waals surface area contributed by atoms with Crippen LogP contribution in [-0.2, 0) is 4.79 Å². The summed E-state index contributed by atoms with van der Waals surface area (Å²) in [5.41, 5.74) is 3.68. The zero-order chi connectivity index (χ0) is 13.8. The van der Waals surface area contributed by atoms with Crippen LogP contribution in [0.3, 0.4) is 0 Å². The molecule has 1 saturated heterocycles. The molecular formula is C16H23NO2. The van der Waals surface area contributed by atoms with Crippen molar-refractivity contribution >= 4 is 5.78 Å². The lowest BCUT2D eigenvalue weighted by Crippen LogP contribution is -2.36. The number of benzene rings is 1. The van der Waals surface area contributed by atoms with Crippen LogP contribution in [-0.4, -0.2) is 36.9 Å². The third-order valence-corrected chi connectivity index (χ3v) is 3.67. The van der Waals surface area contributed by atoms with E-state index in [0.29, 0.717) is 25.2 Å². The minimum Gasteiger partial charge on any atom is -0.492 e. The summed E-state index contributed by atoms with van der Waals surface area (Å²) in [5, 5.41) is 0. The summed E-state index contributed by atoms with van der Waals surface area (Å²) in [5.74, 6) is 1.40. The van der Waals surface area contributed by atoms with E-state index >= 15 is 0 Å². The van der Waals surface area contributed by atoms with Gasteiger partial charge in [-0.1, -0.05) is 17.7 Å². The van der Waals surface area contributed by atoms with Crippen LogP contribution in [0.2, 0.25) is 0 Å². The molecule has 0 N–H and O–H groups in total. The fraction of sp³-hybridized carbons (Fsp3) is 0.562. The highest BCUT2D eigenvalue weighted by Crippen LogP contribution is 2.24. The van der Waals surface area contributed by atoms with Gasteiger partial charge < -0.3 is 4.74 Å². The molecule has 0 unspecified atom stereocenters. The van der Waals surface area contributed by atoms with E-state index in [1.54, 1.807) is 0 Å². The van der Waals surface area contributed by atoms with E-state index in [1.807, 2.05) is 0 Å². The molecule has 1 aliphatic rings. The summed E-state index contributed by atoms with van der Waals surface area (Å²) >= 11 is 0. The summed E-state index contributed by atoms with van der Waals surface area (Å²) in [6.07, 6.45) is 1.39. The van der Waals surface area contributed by atoms with E-state index < -0.39 is 0 Å². The molecule has 19 heavy (non-hydrogen) atoms. The molecule has 0 spiro atoms. The molecule has 1 aliphatic heterocycles. The van der Waals surface area contributed by atoms with E-state index in [4.69, 9.17) is 4.74 Å². The lowest BCUT2D eigenvalue weighted by molar-refractivity contribution is -0.121. The number of rotatable bonds is 4. The highest BCUT2D eigenvalue weighted by atomic mass is 16.5. The SMILES string of the molecule is Cc1cc(C)c(OCCN2CCC(=O)CC2)c(C)c1. The van der Waals surface area contributed by atoms with Crippen LogP contribution >= 0.6 is 0 Å². The Labute approximate surface area is 115 Å². The number of carbonyl (C=O) groups is 1. The second kappa shape index (κ2) is 6.20. The third-order valence-electron chi connectivity index (χ3n) is 3.67. The highest BCUT2D eigenvalue weighted by Gasteiger charge is 2.15. The second-order valence-corrected chi connectivity index (χ2v) is 5.46. The van der Waals surface area contributed by atoms with Crippen LogP contribution in [0.4, 0.5) is 0 Å². The number of likely N-dealkylation sites (tertiary alicyclic amines) is 1. The molecule has 0 amide bonds. The average molecular weight is 261 g/mol. The van der Waals surface area contributed by atoms with Crippen LogP contribution in [0.15, 0.2) is 12.1 Å². The standard InChI is InChI=1S/C16H23NO2/c1-12-10-13(2)16(14(3)11-12)19-9-8-17-6-4-15(18)5-7-17/h10-11H,4-9H2,1-3H3. The number of piperidine rings is 1. The molecule has 1 heterocycles. The molecule has 1 aromatic rings. The Morgan fingerprint density at radius 1 is 1.11 bits per heavy atom. The minimum absolute atomic E-state index is 0.391. The smallest absolute Gasteiger partial charge is 0.135 e. The molecule has 0 bridgehead atoms. The highest BCUT2D eigenvalue weighted by molar-refractivity contribution is 5.79. The number of ketones is 1. The minimum atomic E-state index is 0.391. The number of ether oxygens (including phenoxy) is 1. The maximum Gasteiger partial charge on any atom is 0.135 e. The Morgan fingerprint density at radius 2 is 1.68 bits per heavy atom. The number of carbonyl (C=O) groups excluding carboxylic acids is 1. The van der Waals surface area contributed by atoms with Gasteiger partial charge in [-0.15, -0.1) is 0 Å². The van der Waals surface area contributed by atoms with Crippen molar-refractivity contribution in [3.63, 3.8) is 0 Å². The van der Waals surface area contributed by atoms with E-state index in [-0.39, 0.29) is 0 Å². The van der Waals surface area contributed by atoms with Gasteiger partial charge in [-0.05, 0) is 31.9 Å². The van der Waals surface area contributed by atoms with E-state index in [9.17, 15) is 4.79 Å². The van der Waals surface area contributed by atoms with Gasteiger partial charge in [-0.3, -0.25) is 9.69 Å². The first kappa shape index (κ1) is 14.1. The quantitative estimate of drug-likeness (QED) is 0.834. The van der Waals surface area contributed by atoms with Crippen LogP contribution in [0, 0.1) is 20.8 Å². The van der Waals surface area contributed by atoms with Crippen molar-refractivity contribution in [2.75, 3.05) is 26.2 Å². The van der Waals surface area contributed by atoms with E-state index in [2.05, 4.69) is 37.8 Å². The lowest BCUT2D eigenvalue weighted by atomic mass is 10.1. The molecule has 0 atom stereocenters. The van der Waals surface area contributed by atoms with E-state index in [1.165, 1.54) is 16.7 Å². The van der Waals surface area contributed by atoms with Gasteiger partial charge in [-0.25, -0.2) is 0 Å². The van der Waals surface area contributed by atoms with Crippen LogP contribution in [0.5, 0.6) is 5.75 Å². The van der Waals surface area contributed by atoms with Gasteiger partial charge in [0, 0.05) is 32.5 Å². The van der Waals surface area contributed by atoms with Gasteiger partial charge >= 0.3 is 0 Å². The van der Waals surface area contributed by atoms with Gasteiger partial charge in [0.15, 0.2) is 0 Å². The van der Waals surface area contributed by atoms with Crippen molar-refractivity contribution < 1.29 is 9.53 Å². The molecule has 0 radical (unpaired) electrons. The van der Waals surface area contributed by atoms with Gasteiger partial charge in [-0.2, -0.15) is 0 Å². The average Bonchev–Trinajstić information content (AvgIpc) is 2.34. The molecule has 2 rings (SSSR count). The van der Waals surface area contributed by atoms with Gasteiger partial charge in [0.1, 0.15) is 18.1 Å². The first-order valence-corrected chi connectivity index (χ1v) is 7.01. The lowest BCUT2D eigenvalue weighted by Gasteiger charge is -2.25. The van der Waals surface area contributed by atoms with Crippen molar-refractivity contribution in [2.45, 2.75) is 33.6 Å². The summed E-state index contributed by atoms with van der Waals surface area (Å²) in [4.78, 5) is 13.5. The Kier molecular flexibility index (Phi) is 4.59. The molecule has 0 aliphatic carbocycles. The molecule has 1 fully saturated rings. The van der Waals surface area contributed by atoms with Crippen LogP contribution in [0.25, 0.3) is 0 Å². The topological polar surface area (TPSA) is 29.5 Å². The molecule has 0 aromatic heterocycles. The summed E-state index contributed by atoms with van der Waals surface area (Å²) in [6.45, 7) is 9.65. The molecular weight excluding hydrogens is 238 g/mol. The number of hydrogen-bond donors (Lipinski definition) is 0. The molecule has 3 nitrogen and oxygen atoms in total. The number of Topliss-reactive ketones (excluding diaryl/α,β-unsaturated/α-hetero) is 1. The zero-order valence-corrected chi connectivity index (χ0v) is 12.2. The van der Waals surface area contributed by atoms with Crippen molar-refractivity contribution in [1.82, 2.24) is 4.90 Å². The van der Waals surface area contributed by atoms with Crippen molar-refractivity contribution in [3.8, 4) is 5.75 Å². The normalized spacial score (nSPS) is 16.7. The van der Waals surface area contributed by atoms with Crippen molar-refractivity contribution in [2.24, 2.45) is 0 Å². The number of aryl methyl sites for hydroxylation is 3. The van der Waals surface area contributed by atoms with Gasteiger partial charge in [0.25, 0.3) is 0 Å². The monoisotopic (exact) mass is 261 g/mol. The predicted molar refractivity (Wildman–Crippen MR) is 76.8 cm³/mol. The summed E-state index contributed by atoms with van der Waals surface area (Å²) < 4.78 is 5.93. The van der Waals surface area contributed by atoms with E-state index in [0.717, 1.165) is 25.4 Å². The Hall–Kier alpha value is -1.35. The fourth-order valence-electron chi connectivity index (χ4n) is 2.70. The van der Waals surface area contributed by atoms with Gasteiger partial charge in [0.2, 0.25) is 0 Å². The molecule has 104 valence electrons. The number of hydrogen-bond acceptors (Lipinski definition) is 3. The maximum atomic E-state index is 11.2. The Balaban J connectivity index is 1.84. The Bertz CT molecular complexity index is 435. The molecule has 0 saturated carbocycles. The first-order chi connectivity index (χ1) is 9.06. The van der Waals surface area contributed by atoms with Crippen LogP contribution < -0.4 is 4.74 Å². The van der Waals surface area contributed by atoms with Crippen molar-refractivity contribution in [1.29, 1.82) is 0 Å². The third kappa shape index (κ3) is 3.80. The van der Waals surface area contributed by atoms with Crippen molar-refractivity contribution in [3.05, 3.63) is 28.8 Å². The zero-order valence-electron chi connectivity index (χ0n) is 12.2. The second-order valence-electron chi connectivity index (χ2n) is 5.46. The predicted octanol–water partition coefficient (Wildman–Crippen LogP) is 2.66. The Morgan fingerprint density at radius 3 is 2.26 bits per heavy atom.